The summed E-state index contributed by atoms with van der Waals surface area (Å²) < 4.78 is 5.38. The van der Waals surface area contributed by atoms with Crippen LogP contribution in [0.2, 0.25) is 0 Å². The molecule has 10 heteroatoms. The van der Waals surface area contributed by atoms with Gasteiger partial charge in [0.05, 0.1) is 16.9 Å². The maximum Gasteiger partial charge on any atom is 0.282 e. The Labute approximate surface area is 179 Å². The minimum absolute atomic E-state index is 0.0402. The first kappa shape index (κ1) is 20.0. The number of benzene rings is 2. The van der Waals surface area contributed by atoms with Gasteiger partial charge in [-0.05, 0) is 18.2 Å². The van der Waals surface area contributed by atoms with Crippen LogP contribution in [0.1, 0.15) is 20.0 Å². The Balaban J connectivity index is 1.57. The highest BCUT2D eigenvalue weighted by molar-refractivity contribution is 7.17. The van der Waals surface area contributed by atoms with Gasteiger partial charge in [-0.15, -0.1) is 11.3 Å². The van der Waals surface area contributed by atoms with Gasteiger partial charge >= 0.3 is 0 Å². The maximum atomic E-state index is 12.8. The summed E-state index contributed by atoms with van der Waals surface area (Å²) in [6.45, 7) is 0. The number of non-ortho nitro benzene ring substituents is 1. The third-order valence-corrected chi connectivity index (χ3v) is 5.29. The Kier molecular flexibility index (Phi) is 5.54. The predicted molar refractivity (Wildman–Crippen MR) is 113 cm³/mol. The van der Waals surface area contributed by atoms with Gasteiger partial charge in [0.1, 0.15) is 4.88 Å². The zero-order valence-electron chi connectivity index (χ0n) is 15.8. The van der Waals surface area contributed by atoms with Crippen molar-refractivity contribution in [2.24, 2.45) is 0 Å². The number of thiazole rings is 1. The Morgan fingerprint density at radius 2 is 1.74 bits per heavy atom. The van der Waals surface area contributed by atoms with E-state index < -0.39 is 16.7 Å². The fourth-order valence-corrected chi connectivity index (χ4v) is 3.73. The molecule has 2 aromatic heterocycles. The number of hydrazine groups is 1. The lowest BCUT2D eigenvalue weighted by Gasteiger charge is -2.07. The molecule has 0 atom stereocenters. The van der Waals surface area contributed by atoms with Crippen molar-refractivity contribution in [2.45, 2.75) is 0 Å². The second kappa shape index (κ2) is 8.59. The van der Waals surface area contributed by atoms with E-state index in [1.807, 2.05) is 30.3 Å². The number of rotatable bonds is 5. The largest absolute Gasteiger partial charge is 0.462 e. The van der Waals surface area contributed by atoms with Crippen LogP contribution in [0, 0.1) is 10.1 Å². The molecule has 0 aliphatic heterocycles. The molecule has 0 bridgehead atoms. The van der Waals surface area contributed by atoms with Crippen LogP contribution in [0.25, 0.3) is 22.0 Å². The van der Waals surface area contributed by atoms with Crippen molar-refractivity contribution >= 4 is 28.8 Å². The van der Waals surface area contributed by atoms with Crippen molar-refractivity contribution in [3.63, 3.8) is 0 Å². The lowest BCUT2D eigenvalue weighted by Crippen LogP contribution is -2.41. The summed E-state index contributed by atoms with van der Waals surface area (Å²) in [4.78, 5) is 40.3. The van der Waals surface area contributed by atoms with E-state index >= 15 is 0 Å². The van der Waals surface area contributed by atoms with Crippen molar-refractivity contribution in [1.29, 1.82) is 0 Å². The fourth-order valence-electron chi connectivity index (χ4n) is 2.77. The van der Waals surface area contributed by atoms with E-state index in [0.717, 1.165) is 23.0 Å². The van der Waals surface area contributed by atoms with Crippen LogP contribution in [0.3, 0.4) is 0 Å². The molecule has 0 radical (unpaired) electrons. The summed E-state index contributed by atoms with van der Waals surface area (Å²) in [5.74, 6) is -0.746. The first-order valence-electron chi connectivity index (χ1n) is 8.98. The molecule has 2 N–H and O–H groups in total. The van der Waals surface area contributed by atoms with E-state index in [0.29, 0.717) is 16.5 Å². The van der Waals surface area contributed by atoms with Crippen LogP contribution in [0.5, 0.6) is 0 Å². The lowest BCUT2D eigenvalue weighted by molar-refractivity contribution is -0.384. The maximum absolute atomic E-state index is 12.8. The molecule has 31 heavy (non-hydrogen) atoms. The summed E-state index contributed by atoms with van der Waals surface area (Å²) >= 11 is 1.12. The van der Waals surface area contributed by atoms with Crippen molar-refractivity contribution in [1.82, 2.24) is 15.8 Å². The fraction of sp³-hybridized carbons (Fsp3) is 0. The molecule has 2 heterocycles. The predicted octanol–water partition coefficient (Wildman–Crippen LogP) is 4.05. The highest BCUT2D eigenvalue weighted by atomic mass is 32.1. The van der Waals surface area contributed by atoms with E-state index in [9.17, 15) is 19.7 Å². The molecular formula is C21H14N4O5S. The number of hydrogen-bond acceptors (Lipinski definition) is 7. The van der Waals surface area contributed by atoms with E-state index in [1.165, 1.54) is 24.5 Å². The average molecular weight is 434 g/mol. The Morgan fingerprint density at radius 1 is 0.968 bits per heavy atom. The monoisotopic (exact) mass is 434 g/mol. The van der Waals surface area contributed by atoms with Gasteiger partial charge in [0, 0.05) is 23.3 Å². The molecule has 0 spiro atoms. The molecule has 0 aliphatic rings. The molecule has 0 aliphatic carbocycles. The van der Waals surface area contributed by atoms with Gasteiger partial charge in [-0.1, -0.05) is 36.4 Å². The SMILES string of the molecule is O=C(NNC(=O)c1sc(-c2ccco2)nc1-c1ccccc1)c1cccc([N+](=O)[O-])c1. The van der Waals surface area contributed by atoms with Crippen molar-refractivity contribution in [3.8, 4) is 22.0 Å². The van der Waals surface area contributed by atoms with Gasteiger partial charge in [-0.25, -0.2) is 4.98 Å². The lowest BCUT2D eigenvalue weighted by atomic mass is 10.1. The molecule has 0 saturated carbocycles. The number of nitro benzene ring substituents is 1. The number of nitro groups is 1. The number of aromatic nitrogens is 1. The van der Waals surface area contributed by atoms with E-state index in [2.05, 4.69) is 15.8 Å². The molecule has 4 aromatic rings. The molecule has 154 valence electrons. The molecule has 2 amide bonds. The Bertz CT molecular complexity index is 1250. The molecule has 0 saturated heterocycles. The van der Waals surface area contributed by atoms with Gasteiger partial charge in [-0.2, -0.15) is 0 Å². The minimum atomic E-state index is -0.686. The summed E-state index contributed by atoms with van der Waals surface area (Å²) in [6, 6.07) is 17.8. The van der Waals surface area contributed by atoms with Crippen LogP contribution >= 0.6 is 11.3 Å². The Hall–Kier alpha value is -4.31. The average Bonchev–Trinajstić information content (AvgIpc) is 3.48. The second-order valence-corrected chi connectivity index (χ2v) is 7.25. The topological polar surface area (TPSA) is 127 Å². The van der Waals surface area contributed by atoms with Crippen LogP contribution in [0.15, 0.2) is 77.4 Å². The zero-order valence-corrected chi connectivity index (χ0v) is 16.6. The second-order valence-electron chi connectivity index (χ2n) is 6.26. The molecule has 9 nitrogen and oxygen atoms in total. The van der Waals surface area contributed by atoms with Crippen molar-refractivity contribution in [3.05, 3.63) is 93.5 Å². The quantitative estimate of drug-likeness (QED) is 0.360. The number of amides is 2. The van der Waals surface area contributed by atoms with Gasteiger partial charge in [-0.3, -0.25) is 30.6 Å². The molecule has 2 aromatic carbocycles. The third-order valence-electron chi connectivity index (χ3n) is 4.22. The zero-order chi connectivity index (χ0) is 21.8. The highest BCUT2D eigenvalue weighted by Crippen LogP contribution is 2.34. The van der Waals surface area contributed by atoms with Gasteiger partial charge < -0.3 is 4.42 Å². The number of carbonyl (C=O) groups is 2. The van der Waals surface area contributed by atoms with Crippen molar-refractivity contribution < 1.29 is 18.9 Å². The molecule has 0 unspecified atom stereocenters. The Morgan fingerprint density at radius 3 is 2.45 bits per heavy atom. The standard InChI is InChI=1S/C21H14N4O5S/c26-19(14-8-4-9-15(12-14)25(28)29)23-24-20(27)18-17(13-6-2-1-3-7-13)22-21(31-18)16-10-5-11-30-16/h1-12H,(H,23,26)(H,24,27). The highest BCUT2D eigenvalue weighted by Gasteiger charge is 2.22. The van der Waals surface area contributed by atoms with Crippen LogP contribution in [-0.2, 0) is 0 Å². The smallest absolute Gasteiger partial charge is 0.282 e. The van der Waals surface area contributed by atoms with Crippen LogP contribution in [0.4, 0.5) is 5.69 Å². The number of hydrogen-bond donors (Lipinski definition) is 2. The van der Waals surface area contributed by atoms with Gasteiger partial charge in [0.15, 0.2) is 10.8 Å². The number of nitrogens with zero attached hydrogens (tertiary/aromatic N) is 2. The van der Waals surface area contributed by atoms with Gasteiger partial charge in [0.2, 0.25) is 0 Å². The van der Waals surface area contributed by atoms with Crippen molar-refractivity contribution in [2.75, 3.05) is 0 Å². The first-order valence-corrected chi connectivity index (χ1v) is 9.80. The molecule has 4 rings (SSSR count). The number of carbonyl (C=O) groups excluding carboxylic acids is 2. The number of furan rings is 1. The molecular weight excluding hydrogens is 420 g/mol. The summed E-state index contributed by atoms with van der Waals surface area (Å²) in [6.07, 6.45) is 1.51. The van der Waals surface area contributed by atoms with E-state index in [4.69, 9.17) is 4.42 Å². The summed E-state index contributed by atoms with van der Waals surface area (Å²) in [5.41, 5.74) is 5.61. The first-order chi connectivity index (χ1) is 15.0. The number of nitrogens with one attached hydrogen (secondary N) is 2. The van der Waals surface area contributed by atoms with Crippen LogP contribution in [-0.4, -0.2) is 21.7 Å². The van der Waals surface area contributed by atoms with E-state index in [1.54, 1.807) is 12.1 Å². The minimum Gasteiger partial charge on any atom is -0.462 e. The van der Waals surface area contributed by atoms with Gasteiger partial charge in [0.25, 0.3) is 17.5 Å². The van der Waals surface area contributed by atoms with Crippen LogP contribution < -0.4 is 10.9 Å². The summed E-state index contributed by atoms with van der Waals surface area (Å²) in [7, 11) is 0. The normalized spacial score (nSPS) is 10.5. The van der Waals surface area contributed by atoms with E-state index in [-0.39, 0.29) is 16.1 Å². The molecule has 0 fully saturated rings. The third kappa shape index (κ3) is 4.33. The summed E-state index contributed by atoms with van der Waals surface area (Å²) in [5, 5.41) is 11.4.